The van der Waals surface area contributed by atoms with Crippen molar-refractivity contribution in [2.24, 2.45) is 0 Å². The van der Waals surface area contributed by atoms with Crippen molar-refractivity contribution in [1.82, 2.24) is 10.3 Å². The molecule has 1 aromatic rings. The molecule has 1 heterocycles. The largest absolute Gasteiger partial charge is 0.478 e. The molecule has 1 atom stereocenters. The number of nitrogens with zero attached hydrogens (tertiary/aromatic N) is 1. The van der Waals surface area contributed by atoms with Gasteiger partial charge < -0.3 is 15.7 Å². The number of nitrogens with one attached hydrogen (secondary N) is 2. The molecular weight excluding hydrogens is 270 g/mol. The van der Waals surface area contributed by atoms with Gasteiger partial charge in [-0.25, -0.2) is 9.78 Å². The number of carbonyl (C=O) groups is 2. The zero-order valence-corrected chi connectivity index (χ0v) is 12.9. The molecule has 6 heteroatoms. The number of rotatable bonds is 7. The van der Waals surface area contributed by atoms with E-state index in [4.69, 9.17) is 5.11 Å². The second kappa shape index (κ2) is 7.61. The van der Waals surface area contributed by atoms with Crippen LogP contribution in [0.5, 0.6) is 0 Å². The summed E-state index contributed by atoms with van der Waals surface area (Å²) in [6, 6.07) is 2.57. The summed E-state index contributed by atoms with van der Waals surface area (Å²) in [7, 11) is 0. The molecule has 0 aliphatic rings. The van der Waals surface area contributed by atoms with E-state index in [1.807, 2.05) is 20.8 Å². The maximum absolute atomic E-state index is 11.9. The van der Waals surface area contributed by atoms with E-state index in [1.165, 1.54) is 6.07 Å². The predicted octanol–water partition coefficient (Wildman–Crippen LogP) is 2.06. The number of amides is 1. The molecule has 21 heavy (non-hydrogen) atoms. The number of hydrogen-bond donors (Lipinski definition) is 3. The molecule has 1 unspecified atom stereocenters. The van der Waals surface area contributed by atoms with Crippen LogP contribution < -0.4 is 10.6 Å². The van der Waals surface area contributed by atoms with Crippen molar-refractivity contribution in [3.05, 3.63) is 23.4 Å². The van der Waals surface area contributed by atoms with Crippen LogP contribution in [-0.2, 0) is 11.2 Å². The maximum atomic E-state index is 11.9. The second-order valence-corrected chi connectivity index (χ2v) is 5.32. The van der Waals surface area contributed by atoms with Gasteiger partial charge in [0.2, 0.25) is 5.91 Å². The van der Waals surface area contributed by atoms with E-state index in [-0.39, 0.29) is 17.5 Å². The number of carboxylic acids is 1. The van der Waals surface area contributed by atoms with Gasteiger partial charge in [-0.3, -0.25) is 4.79 Å². The maximum Gasteiger partial charge on any atom is 0.335 e. The molecule has 0 bridgehead atoms. The molecule has 116 valence electrons. The van der Waals surface area contributed by atoms with Gasteiger partial charge in [0.15, 0.2) is 0 Å². The third-order valence-electron chi connectivity index (χ3n) is 2.82. The average molecular weight is 293 g/mol. The molecule has 0 spiro atoms. The lowest BCUT2D eigenvalue weighted by atomic mass is 10.1. The Labute approximate surface area is 125 Å². The molecule has 6 nitrogen and oxygen atoms in total. The normalized spacial score (nSPS) is 12.0. The predicted molar refractivity (Wildman–Crippen MR) is 81.6 cm³/mol. The Morgan fingerprint density at radius 1 is 1.29 bits per heavy atom. The van der Waals surface area contributed by atoms with Gasteiger partial charge in [-0.2, -0.15) is 0 Å². The lowest BCUT2D eigenvalue weighted by Crippen LogP contribution is -2.41. The zero-order chi connectivity index (χ0) is 16.0. The SMILES string of the molecule is CCCc1cc(C(=O)O)cc(NC(C)C(=O)NC(C)C)n1. The van der Waals surface area contributed by atoms with E-state index >= 15 is 0 Å². The summed E-state index contributed by atoms with van der Waals surface area (Å²) < 4.78 is 0. The number of aryl methyl sites for hydroxylation is 1. The van der Waals surface area contributed by atoms with Crippen LogP contribution in [-0.4, -0.2) is 34.1 Å². The molecule has 0 radical (unpaired) electrons. The summed E-state index contributed by atoms with van der Waals surface area (Å²) in [4.78, 5) is 27.4. The molecule has 1 rings (SSSR count). The Balaban J connectivity index is 2.91. The Kier molecular flexibility index (Phi) is 6.14. The van der Waals surface area contributed by atoms with Crippen molar-refractivity contribution in [3.63, 3.8) is 0 Å². The summed E-state index contributed by atoms with van der Waals surface area (Å²) in [5, 5.41) is 14.9. The van der Waals surface area contributed by atoms with Crippen molar-refractivity contribution < 1.29 is 14.7 Å². The van der Waals surface area contributed by atoms with E-state index in [1.54, 1.807) is 13.0 Å². The molecule has 1 amide bonds. The summed E-state index contributed by atoms with van der Waals surface area (Å²) >= 11 is 0. The van der Waals surface area contributed by atoms with Gasteiger partial charge in [0.25, 0.3) is 0 Å². The van der Waals surface area contributed by atoms with Gasteiger partial charge in [0.05, 0.1) is 5.56 Å². The topological polar surface area (TPSA) is 91.3 Å². The van der Waals surface area contributed by atoms with Crippen LogP contribution in [0.15, 0.2) is 12.1 Å². The zero-order valence-electron chi connectivity index (χ0n) is 12.9. The van der Waals surface area contributed by atoms with Crippen LogP contribution in [0.1, 0.15) is 50.2 Å². The minimum atomic E-state index is -1.00. The van der Waals surface area contributed by atoms with Crippen LogP contribution in [0.25, 0.3) is 0 Å². The Hall–Kier alpha value is -2.11. The number of aromatic carboxylic acids is 1. The molecular formula is C15H23N3O3. The lowest BCUT2D eigenvalue weighted by Gasteiger charge is -2.17. The first-order valence-electron chi connectivity index (χ1n) is 7.14. The Morgan fingerprint density at radius 2 is 1.95 bits per heavy atom. The third-order valence-corrected chi connectivity index (χ3v) is 2.82. The number of hydrogen-bond acceptors (Lipinski definition) is 4. The highest BCUT2D eigenvalue weighted by Crippen LogP contribution is 2.13. The number of anilines is 1. The fraction of sp³-hybridized carbons (Fsp3) is 0.533. The first-order chi connectivity index (χ1) is 9.83. The third kappa shape index (κ3) is 5.41. The van der Waals surface area contributed by atoms with E-state index in [0.29, 0.717) is 17.9 Å². The van der Waals surface area contributed by atoms with E-state index in [0.717, 1.165) is 6.42 Å². The number of aromatic nitrogens is 1. The summed E-state index contributed by atoms with van der Waals surface area (Å²) in [6.07, 6.45) is 1.57. The van der Waals surface area contributed by atoms with E-state index in [2.05, 4.69) is 15.6 Å². The minimum absolute atomic E-state index is 0.0516. The van der Waals surface area contributed by atoms with Crippen molar-refractivity contribution in [2.75, 3.05) is 5.32 Å². The molecule has 0 saturated carbocycles. The van der Waals surface area contributed by atoms with Crippen molar-refractivity contribution in [1.29, 1.82) is 0 Å². The van der Waals surface area contributed by atoms with Gasteiger partial charge in [-0.15, -0.1) is 0 Å². The second-order valence-electron chi connectivity index (χ2n) is 5.32. The van der Waals surface area contributed by atoms with Crippen molar-refractivity contribution >= 4 is 17.7 Å². The standard InChI is InChI=1S/C15H23N3O3/c1-5-6-12-7-11(15(20)21)8-13(18-12)17-10(4)14(19)16-9(2)3/h7-10H,5-6H2,1-4H3,(H,16,19)(H,17,18)(H,20,21). The fourth-order valence-electron chi connectivity index (χ4n) is 1.87. The van der Waals surface area contributed by atoms with Gasteiger partial charge in [0, 0.05) is 11.7 Å². The Morgan fingerprint density at radius 3 is 2.48 bits per heavy atom. The summed E-state index contributed by atoms with van der Waals surface area (Å²) in [5.41, 5.74) is 0.879. The average Bonchev–Trinajstić information content (AvgIpc) is 2.37. The Bertz CT molecular complexity index is 515. The van der Waals surface area contributed by atoms with Crippen molar-refractivity contribution in [2.45, 2.75) is 52.6 Å². The minimum Gasteiger partial charge on any atom is -0.478 e. The molecule has 3 N–H and O–H groups in total. The number of carbonyl (C=O) groups excluding carboxylic acids is 1. The van der Waals surface area contributed by atoms with Crippen LogP contribution in [0.4, 0.5) is 5.82 Å². The lowest BCUT2D eigenvalue weighted by molar-refractivity contribution is -0.122. The molecule has 0 aromatic carbocycles. The van der Waals surface area contributed by atoms with E-state index in [9.17, 15) is 9.59 Å². The molecule has 0 aliphatic heterocycles. The highest BCUT2D eigenvalue weighted by Gasteiger charge is 2.15. The van der Waals surface area contributed by atoms with Crippen LogP contribution in [0, 0.1) is 0 Å². The molecule has 0 aliphatic carbocycles. The van der Waals surface area contributed by atoms with Gasteiger partial charge in [-0.05, 0) is 39.3 Å². The fourth-order valence-corrected chi connectivity index (χ4v) is 1.87. The van der Waals surface area contributed by atoms with Crippen LogP contribution in [0.2, 0.25) is 0 Å². The summed E-state index contributed by atoms with van der Waals surface area (Å²) in [5.74, 6) is -0.744. The van der Waals surface area contributed by atoms with Crippen LogP contribution >= 0.6 is 0 Å². The number of carboxylic acid groups (broad SMARTS) is 1. The smallest absolute Gasteiger partial charge is 0.335 e. The van der Waals surface area contributed by atoms with Crippen molar-refractivity contribution in [3.8, 4) is 0 Å². The monoisotopic (exact) mass is 293 g/mol. The van der Waals surface area contributed by atoms with Crippen LogP contribution in [0.3, 0.4) is 0 Å². The highest BCUT2D eigenvalue weighted by atomic mass is 16.4. The van der Waals surface area contributed by atoms with Gasteiger partial charge in [-0.1, -0.05) is 13.3 Å². The highest BCUT2D eigenvalue weighted by molar-refractivity contribution is 5.89. The first kappa shape index (κ1) is 16.9. The molecule has 1 aromatic heterocycles. The summed E-state index contributed by atoms with van der Waals surface area (Å²) in [6.45, 7) is 7.48. The molecule has 0 fully saturated rings. The molecule has 0 saturated heterocycles. The first-order valence-corrected chi connectivity index (χ1v) is 7.14. The quantitative estimate of drug-likeness (QED) is 0.715. The number of pyridine rings is 1. The van der Waals surface area contributed by atoms with Gasteiger partial charge >= 0.3 is 5.97 Å². The van der Waals surface area contributed by atoms with Gasteiger partial charge in [0.1, 0.15) is 11.9 Å². The van der Waals surface area contributed by atoms with E-state index < -0.39 is 12.0 Å².